The van der Waals surface area contributed by atoms with Gasteiger partial charge in [0.05, 0.1) is 11.9 Å². The van der Waals surface area contributed by atoms with Crippen LogP contribution in [0.5, 0.6) is 5.75 Å². The van der Waals surface area contributed by atoms with Gasteiger partial charge in [-0.25, -0.2) is 0 Å². The monoisotopic (exact) mass is 292 g/mol. The summed E-state index contributed by atoms with van der Waals surface area (Å²) in [7, 11) is 0. The lowest BCUT2D eigenvalue weighted by atomic mass is 10.1. The number of aromatic nitrogens is 1. The molecule has 1 N–H and O–H groups in total. The Hall–Kier alpha value is -1.34. The van der Waals surface area contributed by atoms with E-state index in [-0.39, 0.29) is 5.54 Å². The molecule has 0 spiro atoms. The third kappa shape index (κ3) is 7.96. The minimum atomic E-state index is -4.34. The van der Waals surface area contributed by atoms with Crippen molar-refractivity contribution >= 4 is 0 Å². The summed E-state index contributed by atoms with van der Waals surface area (Å²) in [6, 6.07) is 3.39. The molecule has 0 radical (unpaired) electrons. The van der Waals surface area contributed by atoms with Crippen molar-refractivity contribution in [1.82, 2.24) is 10.3 Å². The maximum Gasteiger partial charge on any atom is 0.411 e. The van der Waals surface area contributed by atoms with Crippen LogP contribution in [-0.2, 0) is 11.3 Å². The molecule has 0 unspecified atom stereocenters. The second-order valence-electron chi connectivity index (χ2n) is 5.31. The highest BCUT2D eigenvalue weighted by Crippen LogP contribution is 2.15. The highest BCUT2D eigenvalue weighted by Gasteiger charge is 2.27. The first-order valence-corrected chi connectivity index (χ1v) is 6.13. The van der Waals surface area contributed by atoms with Crippen molar-refractivity contribution in [3.8, 4) is 5.75 Å². The third-order valence-corrected chi connectivity index (χ3v) is 2.17. The summed E-state index contributed by atoms with van der Waals surface area (Å²) in [6.45, 7) is 4.95. The molecule has 20 heavy (non-hydrogen) atoms. The Morgan fingerprint density at radius 1 is 1.20 bits per heavy atom. The molecule has 7 heteroatoms. The highest BCUT2D eigenvalue weighted by atomic mass is 19.4. The molecular weight excluding hydrogens is 273 g/mol. The van der Waals surface area contributed by atoms with Gasteiger partial charge in [-0.15, -0.1) is 0 Å². The molecule has 0 amide bonds. The largest absolute Gasteiger partial charge is 0.466 e. The van der Waals surface area contributed by atoms with Crippen molar-refractivity contribution in [3.63, 3.8) is 0 Å². The highest BCUT2D eigenvalue weighted by molar-refractivity contribution is 5.19. The summed E-state index contributed by atoms with van der Waals surface area (Å²) >= 11 is 0. The number of nitrogens with one attached hydrogen (secondary N) is 1. The van der Waals surface area contributed by atoms with Gasteiger partial charge in [0.1, 0.15) is 12.4 Å². The summed E-state index contributed by atoms with van der Waals surface area (Å²) in [4.78, 5) is 4.14. The van der Waals surface area contributed by atoms with E-state index in [0.29, 0.717) is 12.3 Å². The molecule has 0 fully saturated rings. The van der Waals surface area contributed by atoms with E-state index in [2.05, 4.69) is 15.0 Å². The van der Waals surface area contributed by atoms with Gasteiger partial charge in [-0.1, -0.05) is 0 Å². The molecule has 0 saturated heterocycles. The van der Waals surface area contributed by atoms with E-state index in [1.165, 1.54) is 6.20 Å². The number of alkyl halides is 3. The molecule has 0 aliphatic carbocycles. The van der Waals surface area contributed by atoms with Gasteiger partial charge in [-0.3, -0.25) is 4.98 Å². The molecule has 1 aromatic rings. The lowest BCUT2D eigenvalue weighted by molar-refractivity contribution is -0.186. The number of ether oxygens (including phenoxy) is 2. The van der Waals surface area contributed by atoms with Crippen LogP contribution in [0.15, 0.2) is 18.3 Å². The predicted octanol–water partition coefficient (Wildman–Crippen LogP) is 2.88. The molecule has 1 aromatic heterocycles. The quantitative estimate of drug-likeness (QED) is 0.647. The van der Waals surface area contributed by atoms with Crippen LogP contribution in [0.1, 0.15) is 26.5 Å². The summed E-state index contributed by atoms with van der Waals surface area (Å²) < 4.78 is 44.8. The van der Waals surface area contributed by atoms with Gasteiger partial charge < -0.3 is 14.8 Å². The lowest BCUT2D eigenvalue weighted by Gasteiger charge is -2.20. The minimum absolute atomic E-state index is 0.0116. The molecule has 0 aliphatic heterocycles. The number of hydrogen-bond donors (Lipinski definition) is 1. The smallest absolute Gasteiger partial charge is 0.411 e. The second kappa shape index (κ2) is 6.90. The lowest BCUT2D eigenvalue weighted by Crippen LogP contribution is -2.35. The molecule has 4 nitrogen and oxygen atoms in total. The fourth-order valence-corrected chi connectivity index (χ4v) is 1.22. The third-order valence-electron chi connectivity index (χ3n) is 2.17. The van der Waals surface area contributed by atoms with Gasteiger partial charge in [-0.05, 0) is 32.9 Å². The zero-order valence-electron chi connectivity index (χ0n) is 11.8. The summed E-state index contributed by atoms with van der Waals surface area (Å²) in [6.07, 6.45) is -2.89. The molecule has 0 atom stereocenters. The van der Waals surface area contributed by atoms with Crippen molar-refractivity contribution < 1.29 is 22.6 Å². The molecule has 1 heterocycles. The molecule has 0 saturated carbocycles. The van der Waals surface area contributed by atoms with Gasteiger partial charge in [0.15, 0.2) is 6.79 Å². The molecule has 114 valence electrons. The zero-order chi connectivity index (χ0) is 15.2. The van der Waals surface area contributed by atoms with Gasteiger partial charge in [0, 0.05) is 12.1 Å². The van der Waals surface area contributed by atoms with Gasteiger partial charge in [-0.2, -0.15) is 13.2 Å². The van der Waals surface area contributed by atoms with E-state index in [4.69, 9.17) is 4.74 Å². The van der Waals surface area contributed by atoms with Crippen LogP contribution < -0.4 is 10.1 Å². The molecular formula is C13H19F3N2O2. The van der Waals surface area contributed by atoms with E-state index >= 15 is 0 Å². The first-order valence-electron chi connectivity index (χ1n) is 6.13. The van der Waals surface area contributed by atoms with Gasteiger partial charge >= 0.3 is 6.18 Å². The Kier molecular flexibility index (Phi) is 5.76. The maximum absolute atomic E-state index is 11.8. The Morgan fingerprint density at radius 2 is 1.90 bits per heavy atom. The van der Waals surface area contributed by atoms with Crippen LogP contribution in [0, 0.1) is 0 Å². The Labute approximate surface area is 116 Å². The van der Waals surface area contributed by atoms with Crippen molar-refractivity contribution in [2.75, 3.05) is 13.4 Å². The molecule has 1 rings (SSSR count). The van der Waals surface area contributed by atoms with Crippen molar-refractivity contribution in [1.29, 1.82) is 0 Å². The zero-order valence-corrected chi connectivity index (χ0v) is 11.8. The fraction of sp³-hybridized carbons (Fsp3) is 0.615. The summed E-state index contributed by atoms with van der Waals surface area (Å²) in [5.74, 6) is 0.367. The number of nitrogens with zero attached hydrogens (tertiary/aromatic N) is 1. The predicted molar refractivity (Wildman–Crippen MR) is 68.3 cm³/mol. The number of pyridine rings is 1. The van der Waals surface area contributed by atoms with E-state index in [1.54, 1.807) is 12.1 Å². The Morgan fingerprint density at radius 3 is 2.40 bits per heavy atom. The van der Waals surface area contributed by atoms with Crippen molar-refractivity contribution in [3.05, 3.63) is 24.0 Å². The number of rotatable bonds is 6. The first kappa shape index (κ1) is 16.7. The van der Waals surface area contributed by atoms with Crippen LogP contribution in [0.4, 0.5) is 13.2 Å². The number of hydrogen-bond acceptors (Lipinski definition) is 4. The minimum Gasteiger partial charge on any atom is -0.466 e. The normalized spacial score (nSPS) is 12.5. The van der Waals surface area contributed by atoms with E-state index < -0.39 is 19.6 Å². The summed E-state index contributed by atoms with van der Waals surface area (Å²) in [5, 5.41) is 3.27. The van der Waals surface area contributed by atoms with Crippen LogP contribution >= 0.6 is 0 Å². The SMILES string of the molecule is CC(C)(C)NCc1ccc(OCOCC(F)(F)F)cn1. The van der Waals surface area contributed by atoms with Crippen LogP contribution in [0.2, 0.25) is 0 Å². The van der Waals surface area contributed by atoms with Gasteiger partial charge in [0.25, 0.3) is 0 Å². The maximum atomic E-state index is 11.8. The van der Waals surface area contributed by atoms with E-state index in [0.717, 1.165) is 5.69 Å². The summed E-state index contributed by atoms with van der Waals surface area (Å²) in [5.41, 5.74) is 0.811. The van der Waals surface area contributed by atoms with E-state index in [1.807, 2.05) is 20.8 Å². The second-order valence-corrected chi connectivity index (χ2v) is 5.31. The number of halogens is 3. The molecule has 0 bridgehead atoms. The molecule has 0 aromatic carbocycles. The van der Waals surface area contributed by atoms with Crippen molar-refractivity contribution in [2.45, 2.75) is 39.0 Å². The Balaban J connectivity index is 2.32. The van der Waals surface area contributed by atoms with Crippen molar-refractivity contribution in [2.24, 2.45) is 0 Å². The van der Waals surface area contributed by atoms with Crippen LogP contribution in [0.25, 0.3) is 0 Å². The average Bonchev–Trinajstić information content (AvgIpc) is 2.31. The molecule has 0 aliphatic rings. The fourth-order valence-electron chi connectivity index (χ4n) is 1.22. The van der Waals surface area contributed by atoms with Gasteiger partial charge in [0.2, 0.25) is 0 Å². The standard InChI is InChI=1S/C13H19F3N2O2/c1-12(2,3)18-6-10-4-5-11(7-17-10)20-9-19-8-13(14,15)16/h4-5,7,18H,6,8-9H2,1-3H3. The Bertz CT molecular complexity index is 400. The van der Waals surface area contributed by atoms with Crippen LogP contribution in [0.3, 0.4) is 0 Å². The van der Waals surface area contributed by atoms with Crippen LogP contribution in [-0.4, -0.2) is 30.1 Å². The van der Waals surface area contributed by atoms with E-state index in [9.17, 15) is 13.2 Å². The average molecular weight is 292 g/mol. The topological polar surface area (TPSA) is 43.4 Å². The first-order chi connectivity index (χ1) is 9.16.